The average molecular weight is 294 g/mol. The summed E-state index contributed by atoms with van der Waals surface area (Å²) in [6.07, 6.45) is 2.29. The van der Waals surface area contributed by atoms with E-state index < -0.39 is 0 Å². The first kappa shape index (κ1) is 14.4. The minimum Gasteiger partial charge on any atom is -0.328 e. The van der Waals surface area contributed by atoms with Crippen LogP contribution in [-0.4, -0.2) is 47.8 Å². The molecule has 1 heterocycles. The van der Waals surface area contributed by atoms with Gasteiger partial charge in [0.15, 0.2) is 0 Å². The van der Waals surface area contributed by atoms with Crippen molar-refractivity contribution in [2.75, 3.05) is 21.1 Å². The zero-order chi connectivity index (χ0) is 12.8. The molecule has 96 valence electrons. The molecular formula is C12H26BrN2O+. The molecule has 1 aliphatic rings. The highest BCUT2D eigenvalue weighted by molar-refractivity contribution is 9.05. The van der Waals surface area contributed by atoms with Crippen molar-refractivity contribution in [3.05, 3.63) is 0 Å². The fraction of sp³-hybridized carbons (Fsp3) is 1.00. The summed E-state index contributed by atoms with van der Waals surface area (Å²) in [5.41, 5.74) is 0.114. The van der Waals surface area contributed by atoms with Gasteiger partial charge in [-0.25, -0.2) is 3.93 Å². The molecule has 1 saturated heterocycles. The molecule has 0 unspecified atom stereocenters. The van der Waals surface area contributed by atoms with Gasteiger partial charge in [0.1, 0.15) is 16.3 Å². The molecular weight excluding hydrogens is 268 g/mol. The molecule has 0 saturated carbocycles. The van der Waals surface area contributed by atoms with Gasteiger partial charge in [0.05, 0.1) is 27.2 Å². The van der Waals surface area contributed by atoms with Gasteiger partial charge in [-0.05, 0) is 27.7 Å². The smallest absolute Gasteiger partial charge is 0.125 e. The van der Waals surface area contributed by atoms with E-state index in [9.17, 15) is 0 Å². The standard InChI is InChI=1S/C12H26BrN2O/c1-11(2)8-10(15(5,6)7)9-12(3,4)14(11)16-13/h10H,8-9H2,1-7H3/q+1. The number of hydroxylamine groups is 2. The van der Waals surface area contributed by atoms with Crippen LogP contribution in [0.2, 0.25) is 0 Å². The molecule has 0 amide bonds. The van der Waals surface area contributed by atoms with Crippen molar-refractivity contribution >= 4 is 16.3 Å². The van der Waals surface area contributed by atoms with Gasteiger partial charge in [0.2, 0.25) is 0 Å². The van der Waals surface area contributed by atoms with Crippen LogP contribution >= 0.6 is 16.3 Å². The van der Waals surface area contributed by atoms with E-state index in [-0.39, 0.29) is 11.1 Å². The predicted molar refractivity (Wildman–Crippen MR) is 71.1 cm³/mol. The van der Waals surface area contributed by atoms with Crippen molar-refractivity contribution in [3.8, 4) is 0 Å². The third-order valence-corrected chi connectivity index (χ3v) is 4.02. The molecule has 0 aliphatic carbocycles. The molecule has 0 radical (unpaired) electrons. The Labute approximate surface area is 109 Å². The van der Waals surface area contributed by atoms with Gasteiger partial charge in [0.25, 0.3) is 0 Å². The summed E-state index contributed by atoms with van der Waals surface area (Å²) in [6.45, 7) is 8.99. The van der Waals surface area contributed by atoms with Gasteiger partial charge in [-0.1, -0.05) is 0 Å². The Kier molecular flexibility index (Phi) is 3.81. The van der Waals surface area contributed by atoms with Crippen LogP contribution in [0, 0.1) is 0 Å². The summed E-state index contributed by atoms with van der Waals surface area (Å²) in [6, 6.07) is 0.670. The lowest BCUT2D eigenvalue weighted by molar-refractivity contribution is -0.899. The molecule has 16 heavy (non-hydrogen) atoms. The van der Waals surface area contributed by atoms with Crippen molar-refractivity contribution in [2.45, 2.75) is 57.7 Å². The number of quaternary nitrogens is 1. The third kappa shape index (κ3) is 2.78. The van der Waals surface area contributed by atoms with E-state index in [0.29, 0.717) is 6.04 Å². The monoisotopic (exact) mass is 293 g/mol. The SMILES string of the molecule is CC1(C)CC([N+](C)(C)C)CC(C)(C)N1OBr. The lowest BCUT2D eigenvalue weighted by Crippen LogP contribution is -2.65. The van der Waals surface area contributed by atoms with Crippen molar-refractivity contribution in [1.82, 2.24) is 5.06 Å². The second-order valence-corrected chi connectivity index (χ2v) is 7.46. The predicted octanol–water partition coefficient (Wildman–Crippen LogP) is 2.96. The maximum Gasteiger partial charge on any atom is 0.125 e. The van der Waals surface area contributed by atoms with Gasteiger partial charge in [0, 0.05) is 23.9 Å². The topological polar surface area (TPSA) is 12.5 Å². The molecule has 0 bridgehead atoms. The molecule has 0 N–H and O–H groups in total. The van der Waals surface area contributed by atoms with Gasteiger partial charge >= 0.3 is 0 Å². The first-order chi connectivity index (χ1) is 7.00. The number of hydrogen-bond donors (Lipinski definition) is 0. The average Bonchev–Trinajstić information content (AvgIpc) is 1.97. The van der Waals surface area contributed by atoms with Gasteiger partial charge < -0.3 is 4.48 Å². The number of nitrogens with zero attached hydrogens (tertiary/aromatic N) is 2. The van der Waals surface area contributed by atoms with E-state index in [1.54, 1.807) is 0 Å². The maximum atomic E-state index is 5.42. The van der Waals surface area contributed by atoms with Crippen LogP contribution in [0.3, 0.4) is 0 Å². The lowest BCUT2D eigenvalue weighted by Gasteiger charge is -2.54. The Morgan fingerprint density at radius 1 is 1.06 bits per heavy atom. The summed E-state index contributed by atoms with van der Waals surface area (Å²) in [5, 5.41) is 2.09. The first-order valence-electron chi connectivity index (χ1n) is 5.91. The van der Waals surface area contributed by atoms with E-state index in [1.165, 1.54) is 0 Å². The highest BCUT2D eigenvalue weighted by Gasteiger charge is 2.50. The number of rotatable bonds is 2. The molecule has 0 aromatic carbocycles. The fourth-order valence-electron chi connectivity index (χ4n) is 2.95. The van der Waals surface area contributed by atoms with Gasteiger partial charge in [-0.2, -0.15) is 5.06 Å². The Balaban J connectivity index is 2.98. The van der Waals surface area contributed by atoms with E-state index in [4.69, 9.17) is 3.93 Å². The summed E-state index contributed by atoms with van der Waals surface area (Å²) in [7, 11) is 6.84. The van der Waals surface area contributed by atoms with Crippen LogP contribution < -0.4 is 0 Å². The zero-order valence-electron chi connectivity index (χ0n) is 11.7. The van der Waals surface area contributed by atoms with E-state index in [1.807, 2.05) is 0 Å². The van der Waals surface area contributed by atoms with Crippen LogP contribution in [0.25, 0.3) is 0 Å². The third-order valence-electron chi connectivity index (χ3n) is 3.73. The molecule has 0 aromatic rings. The number of piperidine rings is 1. The fourth-order valence-corrected chi connectivity index (χ4v) is 3.73. The minimum atomic E-state index is 0.0570. The van der Waals surface area contributed by atoms with Crippen LogP contribution in [-0.2, 0) is 3.93 Å². The van der Waals surface area contributed by atoms with E-state index in [2.05, 4.69) is 70.2 Å². The van der Waals surface area contributed by atoms with Crippen molar-refractivity contribution in [1.29, 1.82) is 0 Å². The Morgan fingerprint density at radius 2 is 1.44 bits per heavy atom. The highest BCUT2D eigenvalue weighted by atomic mass is 79.9. The summed E-state index contributed by atoms with van der Waals surface area (Å²) < 4.78 is 6.44. The lowest BCUT2D eigenvalue weighted by atomic mass is 9.78. The largest absolute Gasteiger partial charge is 0.328 e. The summed E-state index contributed by atoms with van der Waals surface area (Å²) in [5.74, 6) is 0. The van der Waals surface area contributed by atoms with Crippen LogP contribution in [0.5, 0.6) is 0 Å². The van der Waals surface area contributed by atoms with Crippen LogP contribution in [0.4, 0.5) is 0 Å². The van der Waals surface area contributed by atoms with Crippen molar-refractivity contribution in [2.24, 2.45) is 0 Å². The number of hydrogen-bond acceptors (Lipinski definition) is 2. The molecule has 0 spiro atoms. The van der Waals surface area contributed by atoms with Crippen molar-refractivity contribution < 1.29 is 8.41 Å². The first-order valence-corrected chi connectivity index (χ1v) is 6.56. The minimum absolute atomic E-state index is 0.0570. The van der Waals surface area contributed by atoms with Gasteiger partial charge in [-0.15, -0.1) is 0 Å². The second-order valence-electron chi connectivity index (χ2n) is 7.17. The molecule has 0 atom stereocenters. The van der Waals surface area contributed by atoms with E-state index >= 15 is 0 Å². The van der Waals surface area contributed by atoms with Crippen LogP contribution in [0.1, 0.15) is 40.5 Å². The zero-order valence-corrected chi connectivity index (χ0v) is 13.3. The molecule has 0 aromatic heterocycles. The molecule has 1 fully saturated rings. The molecule has 4 heteroatoms. The van der Waals surface area contributed by atoms with Crippen LogP contribution in [0.15, 0.2) is 0 Å². The van der Waals surface area contributed by atoms with Gasteiger partial charge in [-0.3, -0.25) is 0 Å². The summed E-state index contributed by atoms with van der Waals surface area (Å²) in [4.78, 5) is 0. The molecule has 1 aliphatic heterocycles. The quantitative estimate of drug-likeness (QED) is 0.726. The molecule has 1 rings (SSSR count). The Morgan fingerprint density at radius 3 is 1.69 bits per heavy atom. The second kappa shape index (κ2) is 4.23. The Bertz CT molecular complexity index is 240. The number of halogens is 1. The van der Waals surface area contributed by atoms with Crippen molar-refractivity contribution in [3.63, 3.8) is 0 Å². The maximum absolute atomic E-state index is 5.42. The Hall–Kier alpha value is 0.360. The normalized spacial score (nSPS) is 27.0. The summed E-state index contributed by atoms with van der Waals surface area (Å²) >= 11 is 3.15. The van der Waals surface area contributed by atoms with E-state index in [0.717, 1.165) is 17.3 Å². The highest BCUT2D eigenvalue weighted by Crippen LogP contribution is 2.41. The molecule has 3 nitrogen and oxygen atoms in total.